The van der Waals surface area contributed by atoms with E-state index in [4.69, 9.17) is 16.3 Å². The number of hydrogen-bond acceptors (Lipinski definition) is 2. The van der Waals surface area contributed by atoms with E-state index in [0.29, 0.717) is 23.0 Å². The van der Waals surface area contributed by atoms with Gasteiger partial charge in [0.05, 0.1) is 12.2 Å². The van der Waals surface area contributed by atoms with Crippen molar-refractivity contribution in [2.75, 3.05) is 4.90 Å². The first kappa shape index (κ1) is 14.4. The summed E-state index contributed by atoms with van der Waals surface area (Å²) < 4.78 is 6.61. The molecule has 1 unspecified atom stereocenters. The number of carbonyl (C=O) groups excluding carboxylic acids is 1. The van der Waals surface area contributed by atoms with Gasteiger partial charge >= 0.3 is 0 Å². The third-order valence-corrected chi connectivity index (χ3v) is 4.42. The second kappa shape index (κ2) is 5.70. The van der Waals surface area contributed by atoms with Crippen LogP contribution < -0.4 is 9.64 Å². The van der Waals surface area contributed by atoms with Gasteiger partial charge in [0.15, 0.2) is 6.10 Å². The molecule has 3 rings (SSSR count). The van der Waals surface area contributed by atoms with Crippen molar-refractivity contribution in [3.05, 3.63) is 57.5 Å². The van der Waals surface area contributed by atoms with Crippen LogP contribution in [0.15, 0.2) is 46.9 Å². The van der Waals surface area contributed by atoms with Crippen LogP contribution in [-0.4, -0.2) is 12.0 Å². The number of anilines is 1. The number of ether oxygens (including phenoxy) is 1. The zero-order valence-corrected chi connectivity index (χ0v) is 13.7. The van der Waals surface area contributed by atoms with Crippen molar-refractivity contribution in [2.24, 2.45) is 0 Å². The SMILES string of the molecule is CC1Oc2ccc(Cl)cc2N(Cc2ccccc2Br)C1=O. The Morgan fingerprint density at radius 1 is 1.29 bits per heavy atom. The number of carbonyl (C=O) groups is 1. The molecule has 0 N–H and O–H groups in total. The summed E-state index contributed by atoms with van der Waals surface area (Å²) in [5.74, 6) is 0.610. The Labute approximate surface area is 136 Å². The highest BCUT2D eigenvalue weighted by molar-refractivity contribution is 9.10. The first-order valence-electron chi connectivity index (χ1n) is 6.57. The van der Waals surface area contributed by atoms with E-state index < -0.39 is 6.10 Å². The molecule has 2 aromatic rings. The van der Waals surface area contributed by atoms with Crippen molar-refractivity contribution in [1.82, 2.24) is 0 Å². The highest BCUT2D eigenvalue weighted by Gasteiger charge is 2.31. The van der Waals surface area contributed by atoms with Gasteiger partial charge in [-0.05, 0) is 36.8 Å². The number of rotatable bonds is 2. The second-order valence-corrected chi connectivity index (χ2v) is 6.18. The average Bonchev–Trinajstić information content (AvgIpc) is 2.46. The summed E-state index contributed by atoms with van der Waals surface area (Å²) in [4.78, 5) is 14.2. The van der Waals surface area contributed by atoms with Crippen LogP contribution in [0.1, 0.15) is 12.5 Å². The third-order valence-electron chi connectivity index (χ3n) is 3.42. The Morgan fingerprint density at radius 2 is 2.05 bits per heavy atom. The van der Waals surface area contributed by atoms with E-state index in [1.54, 1.807) is 30.0 Å². The number of halogens is 2. The van der Waals surface area contributed by atoms with Gasteiger partial charge in [0, 0.05) is 9.50 Å². The van der Waals surface area contributed by atoms with Gasteiger partial charge in [-0.15, -0.1) is 0 Å². The van der Waals surface area contributed by atoms with Crippen LogP contribution in [-0.2, 0) is 11.3 Å². The third kappa shape index (κ3) is 2.78. The van der Waals surface area contributed by atoms with E-state index in [-0.39, 0.29) is 5.91 Å². The molecule has 108 valence electrons. The summed E-state index contributed by atoms with van der Waals surface area (Å²) in [6.45, 7) is 2.23. The van der Waals surface area contributed by atoms with Gasteiger partial charge in [-0.25, -0.2) is 0 Å². The van der Waals surface area contributed by atoms with Crippen molar-refractivity contribution in [1.29, 1.82) is 0 Å². The topological polar surface area (TPSA) is 29.5 Å². The maximum atomic E-state index is 12.5. The van der Waals surface area contributed by atoms with E-state index in [2.05, 4.69) is 15.9 Å². The molecule has 5 heteroatoms. The average molecular weight is 367 g/mol. The van der Waals surface area contributed by atoms with Gasteiger partial charge in [-0.1, -0.05) is 45.7 Å². The molecule has 0 saturated heterocycles. The maximum Gasteiger partial charge on any atom is 0.268 e. The van der Waals surface area contributed by atoms with Gasteiger partial charge in [0.1, 0.15) is 5.75 Å². The summed E-state index contributed by atoms with van der Waals surface area (Å²) in [5, 5.41) is 0.580. The van der Waals surface area contributed by atoms with Gasteiger partial charge in [-0.2, -0.15) is 0 Å². The monoisotopic (exact) mass is 365 g/mol. The molecule has 21 heavy (non-hydrogen) atoms. The molecule has 1 aliphatic rings. The lowest BCUT2D eigenvalue weighted by Crippen LogP contribution is -2.44. The zero-order valence-electron chi connectivity index (χ0n) is 11.3. The van der Waals surface area contributed by atoms with E-state index in [0.717, 1.165) is 10.0 Å². The molecule has 0 aromatic heterocycles. The number of hydrogen-bond donors (Lipinski definition) is 0. The molecule has 1 heterocycles. The normalized spacial score (nSPS) is 17.4. The summed E-state index contributed by atoms with van der Waals surface area (Å²) >= 11 is 9.57. The Kier molecular flexibility index (Phi) is 3.91. The van der Waals surface area contributed by atoms with Crippen molar-refractivity contribution in [2.45, 2.75) is 19.6 Å². The van der Waals surface area contributed by atoms with Crippen LogP contribution in [0.2, 0.25) is 5.02 Å². The lowest BCUT2D eigenvalue weighted by atomic mass is 10.1. The fraction of sp³-hybridized carbons (Fsp3) is 0.188. The molecule has 0 radical (unpaired) electrons. The van der Waals surface area contributed by atoms with E-state index >= 15 is 0 Å². The highest BCUT2D eigenvalue weighted by Crippen LogP contribution is 2.37. The first-order valence-corrected chi connectivity index (χ1v) is 7.74. The fourth-order valence-electron chi connectivity index (χ4n) is 2.34. The minimum atomic E-state index is -0.499. The molecular weight excluding hydrogens is 354 g/mol. The molecule has 0 spiro atoms. The van der Waals surface area contributed by atoms with Gasteiger partial charge in [-0.3, -0.25) is 4.79 Å². The molecule has 0 aliphatic carbocycles. The van der Waals surface area contributed by atoms with Crippen molar-refractivity contribution in [3.8, 4) is 5.75 Å². The Hall–Kier alpha value is -1.52. The minimum Gasteiger partial charge on any atom is -0.479 e. The first-order chi connectivity index (χ1) is 10.1. The molecule has 0 fully saturated rings. The Morgan fingerprint density at radius 3 is 2.81 bits per heavy atom. The van der Waals surface area contributed by atoms with Crippen molar-refractivity contribution < 1.29 is 9.53 Å². The molecular formula is C16H13BrClNO2. The summed E-state index contributed by atoms with van der Waals surface area (Å²) in [5.41, 5.74) is 1.74. The lowest BCUT2D eigenvalue weighted by molar-refractivity contribution is -0.125. The molecule has 3 nitrogen and oxygen atoms in total. The predicted octanol–water partition coefficient (Wildman–Crippen LogP) is 4.42. The second-order valence-electron chi connectivity index (χ2n) is 4.89. The minimum absolute atomic E-state index is 0.0690. The Bertz CT molecular complexity index is 704. The van der Waals surface area contributed by atoms with Crippen LogP contribution >= 0.6 is 27.5 Å². The molecule has 1 atom stereocenters. The molecule has 1 amide bonds. The van der Waals surface area contributed by atoms with Gasteiger partial charge in [0.25, 0.3) is 5.91 Å². The lowest BCUT2D eigenvalue weighted by Gasteiger charge is -2.33. The number of benzene rings is 2. The highest BCUT2D eigenvalue weighted by atomic mass is 79.9. The molecule has 1 aliphatic heterocycles. The van der Waals surface area contributed by atoms with E-state index in [9.17, 15) is 4.79 Å². The largest absolute Gasteiger partial charge is 0.479 e. The van der Waals surface area contributed by atoms with Crippen LogP contribution in [0.4, 0.5) is 5.69 Å². The van der Waals surface area contributed by atoms with E-state index in [1.165, 1.54) is 0 Å². The maximum absolute atomic E-state index is 12.5. The fourth-order valence-corrected chi connectivity index (χ4v) is 2.92. The molecule has 0 saturated carbocycles. The summed E-state index contributed by atoms with van der Waals surface area (Å²) in [6.07, 6.45) is -0.499. The zero-order chi connectivity index (χ0) is 15.0. The van der Waals surface area contributed by atoms with Gasteiger partial charge < -0.3 is 9.64 Å². The summed E-state index contributed by atoms with van der Waals surface area (Å²) in [7, 11) is 0. The van der Waals surface area contributed by atoms with Crippen LogP contribution in [0.5, 0.6) is 5.75 Å². The van der Waals surface area contributed by atoms with Crippen LogP contribution in [0, 0.1) is 0 Å². The van der Waals surface area contributed by atoms with Crippen LogP contribution in [0.3, 0.4) is 0 Å². The Balaban J connectivity index is 2.03. The van der Waals surface area contributed by atoms with Gasteiger partial charge in [0.2, 0.25) is 0 Å². The van der Waals surface area contributed by atoms with Crippen LogP contribution in [0.25, 0.3) is 0 Å². The van der Waals surface area contributed by atoms with Crippen molar-refractivity contribution in [3.63, 3.8) is 0 Å². The quantitative estimate of drug-likeness (QED) is 0.787. The summed E-state index contributed by atoms with van der Waals surface area (Å²) in [6, 6.07) is 13.2. The number of nitrogens with zero attached hydrogens (tertiary/aromatic N) is 1. The number of amides is 1. The molecule has 0 bridgehead atoms. The number of fused-ring (bicyclic) bond motifs is 1. The standard InChI is InChI=1S/C16H13BrClNO2/c1-10-16(20)19(9-11-4-2-3-5-13(11)17)14-8-12(18)6-7-15(14)21-10/h2-8,10H,9H2,1H3. The predicted molar refractivity (Wildman–Crippen MR) is 86.9 cm³/mol. The van der Waals surface area contributed by atoms with E-state index in [1.807, 2.05) is 24.3 Å². The smallest absolute Gasteiger partial charge is 0.268 e. The van der Waals surface area contributed by atoms with Crippen molar-refractivity contribution >= 4 is 39.1 Å². The molecule has 2 aromatic carbocycles.